The first-order chi connectivity index (χ1) is 16.4. The first kappa shape index (κ1) is 23.1. The van der Waals surface area contributed by atoms with Gasteiger partial charge in [-0.05, 0) is 61.2 Å². The average molecular weight is 458 g/mol. The maximum absolute atomic E-state index is 13.2. The molecule has 34 heavy (non-hydrogen) atoms. The van der Waals surface area contributed by atoms with Crippen LogP contribution in [0.15, 0.2) is 69.9 Å². The van der Waals surface area contributed by atoms with Gasteiger partial charge in [0.05, 0.1) is 18.1 Å². The number of benzene rings is 3. The SMILES string of the molecule is CCc1cccc(C)c1NC(=O)COc1ccc2c(=O)c(-c3ccc(OC)cc3)c(C)oc2c1. The second-order valence-corrected chi connectivity index (χ2v) is 8.05. The number of hydrogen-bond donors (Lipinski definition) is 1. The number of methoxy groups -OCH3 is 1. The molecule has 0 unspecified atom stereocenters. The van der Waals surface area contributed by atoms with Crippen LogP contribution in [0.3, 0.4) is 0 Å². The minimum atomic E-state index is -0.253. The fourth-order valence-corrected chi connectivity index (χ4v) is 3.99. The highest BCUT2D eigenvalue weighted by atomic mass is 16.5. The molecular formula is C28H27NO5. The molecule has 0 bridgehead atoms. The summed E-state index contributed by atoms with van der Waals surface area (Å²) in [5.41, 5.74) is 4.45. The van der Waals surface area contributed by atoms with E-state index in [0.29, 0.717) is 33.8 Å². The van der Waals surface area contributed by atoms with Gasteiger partial charge in [0.2, 0.25) is 5.43 Å². The Labute approximate surface area is 198 Å². The van der Waals surface area contributed by atoms with Crippen LogP contribution in [0.4, 0.5) is 5.69 Å². The lowest BCUT2D eigenvalue weighted by atomic mass is 10.0. The molecule has 0 radical (unpaired) electrons. The lowest BCUT2D eigenvalue weighted by molar-refractivity contribution is -0.118. The highest BCUT2D eigenvalue weighted by Crippen LogP contribution is 2.28. The summed E-state index contributed by atoms with van der Waals surface area (Å²) in [6, 6.07) is 18.2. The molecule has 0 aliphatic rings. The summed E-state index contributed by atoms with van der Waals surface area (Å²) in [5, 5.41) is 3.39. The van der Waals surface area contributed by atoms with Crippen LogP contribution in [0.5, 0.6) is 11.5 Å². The van der Waals surface area contributed by atoms with Crippen molar-refractivity contribution in [1.29, 1.82) is 0 Å². The second-order valence-electron chi connectivity index (χ2n) is 8.05. The summed E-state index contributed by atoms with van der Waals surface area (Å²) in [4.78, 5) is 25.7. The lowest BCUT2D eigenvalue weighted by Gasteiger charge is -2.13. The van der Waals surface area contributed by atoms with Gasteiger partial charge in [0, 0.05) is 11.8 Å². The zero-order chi connectivity index (χ0) is 24.2. The van der Waals surface area contributed by atoms with Crippen LogP contribution in [0, 0.1) is 13.8 Å². The number of hydrogen-bond acceptors (Lipinski definition) is 5. The number of rotatable bonds is 7. The molecule has 1 amide bonds. The Bertz CT molecular complexity index is 1400. The predicted octanol–water partition coefficient (Wildman–Crippen LogP) is 5.67. The van der Waals surface area contributed by atoms with Crippen LogP contribution in [0.1, 0.15) is 23.8 Å². The molecule has 6 heteroatoms. The van der Waals surface area contributed by atoms with Crippen molar-refractivity contribution in [2.75, 3.05) is 19.0 Å². The van der Waals surface area contributed by atoms with Gasteiger partial charge in [0.15, 0.2) is 6.61 Å². The van der Waals surface area contributed by atoms with Gasteiger partial charge < -0.3 is 19.2 Å². The number of nitrogens with one attached hydrogen (secondary N) is 1. The minimum Gasteiger partial charge on any atom is -0.497 e. The van der Waals surface area contributed by atoms with Crippen molar-refractivity contribution in [3.8, 4) is 22.6 Å². The Balaban J connectivity index is 1.54. The van der Waals surface area contributed by atoms with Gasteiger partial charge in [-0.15, -0.1) is 0 Å². The van der Waals surface area contributed by atoms with Gasteiger partial charge in [0.1, 0.15) is 22.8 Å². The number of aryl methyl sites for hydroxylation is 3. The smallest absolute Gasteiger partial charge is 0.262 e. The van der Waals surface area contributed by atoms with Crippen molar-refractivity contribution < 1.29 is 18.7 Å². The molecule has 0 aliphatic heterocycles. The molecule has 3 aromatic carbocycles. The third kappa shape index (κ3) is 4.66. The van der Waals surface area contributed by atoms with Gasteiger partial charge in [0.25, 0.3) is 5.91 Å². The topological polar surface area (TPSA) is 77.8 Å². The van der Waals surface area contributed by atoms with E-state index in [-0.39, 0.29) is 17.9 Å². The van der Waals surface area contributed by atoms with Gasteiger partial charge in [-0.3, -0.25) is 9.59 Å². The van der Waals surface area contributed by atoms with Gasteiger partial charge in [-0.25, -0.2) is 0 Å². The van der Waals surface area contributed by atoms with Gasteiger partial charge >= 0.3 is 0 Å². The zero-order valence-corrected chi connectivity index (χ0v) is 19.7. The van der Waals surface area contributed by atoms with Crippen LogP contribution in [-0.2, 0) is 11.2 Å². The first-order valence-electron chi connectivity index (χ1n) is 11.1. The average Bonchev–Trinajstić information content (AvgIpc) is 2.84. The fraction of sp³-hybridized carbons (Fsp3) is 0.214. The van der Waals surface area contributed by atoms with E-state index in [1.54, 1.807) is 44.4 Å². The molecule has 0 saturated carbocycles. The minimum absolute atomic E-state index is 0.125. The maximum atomic E-state index is 13.2. The summed E-state index contributed by atoms with van der Waals surface area (Å²) in [5.74, 6) is 1.41. The second kappa shape index (κ2) is 9.83. The maximum Gasteiger partial charge on any atom is 0.262 e. The standard InChI is InChI=1S/C28H27NO5/c1-5-19-8-6-7-17(2)27(19)29-25(30)16-33-22-13-14-23-24(15-22)34-18(3)26(28(23)31)20-9-11-21(32-4)12-10-20/h6-15H,5,16H2,1-4H3,(H,29,30). The first-order valence-corrected chi connectivity index (χ1v) is 11.1. The number of carbonyl (C=O) groups is 1. The van der Waals surface area contributed by atoms with E-state index < -0.39 is 0 Å². The number of fused-ring (bicyclic) bond motifs is 1. The molecule has 0 spiro atoms. The van der Waals surface area contributed by atoms with Crippen molar-refractivity contribution in [2.24, 2.45) is 0 Å². The third-order valence-electron chi connectivity index (χ3n) is 5.79. The molecule has 174 valence electrons. The third-order valence-corrected chi connectivity index (χ3v) is 5.79. The molecule has 1 aromatic heterocycles. The molecule has 4 aromatic rings. The van der Waals surface area contributed by atoms with Crippen molar-refractivity contribution in [2.45, 2.75) is 27.2 Å². The zero-order valence-electron chi connectivity index (χ0n) is 19.7. The van der Waals surface area contributed by atoms with Crippen LogP contribution in [0.25, 0.3) is 22.1 Å². The van der Waals surface area contributed by atoms with E-state index in [1.165, 1.54) is 0 Å². The molecule has 4 rings (SSSR count). The molecule has 0 saturated heterocycles. The van der Waals surface area contributed by atoms with Gasteiger partial charge in [-0.2, -0.15) is 0 Å². The summed E-state index contributed by atoms with van der Waals surface area (Å²) >= 11 is 0. The molecule has 1 N–H and O–H groups in total. The van der Waals surface area contributed by atoms with E-state index in [9.17, 15) is 9.59 Å². The highest BCUT2D eigenvalue weighted by molar-refractivity contribution is 5.93. The molecule has 6 nitrogen and oxygen atoms in total. The Morgan fingerprint density at radius 3 is 2.44 bits per heavy atom. The summed E-state index contributed by atoms with van der Waals surface area (Å²) in [7, 11) is 1.60. The van der Waals surface area contributed by atoms with Gasteiger partial charge in [-0.1, -0.05) is 37.3 Å². The normalized spacial score (nSPS) is 10.8. The highest BCUT2D eigenvalue weighted by Gasteiger charge is 2.15. The van der Waals surface area contributed by atoms with Crippen molar-refractivity contribution in [1.82, 2.24) is 0 Å². The quantitative estimate of drug-likeness (QED) is 0.387. The Morgan fingerprint density at radius 2 is 1.74 bits per heavy atom. The number of anilines is 1. The van der Waals surface area contributed by atoms with Crippen LogP contribution >= 0.6 is 0 Å². The Hall–Kier alpha value is -4.06. The fourth-order valence-electron chi connectivity index (χ4n) is 3.99. The van der Waals surface area contributed by atoms with Crippen molar-refractivity contribution in [3.63, 3.8) is 0 Å². The number of para-hydroxylation sites is 1. The molecule has 0 atom stereocenters. The monoisotopic (exact) mass is 457 g/mol. The Kier molecular flexibility index (Phi) is 6.68. The number of carbonyl (C=O) groups excluding carboxylic acids is 1. The van der Waals surface area contributed by atoms with Crippen molar-refractivity contribution in [3.05, 3.63) is 87.8 Å². The van der Waals surface area contributed by atoms with Crippen molar-refractivity contribution >= 4 is 22.6 Å². The molecule has 0 fully saturated rings. The molecule has 0 aliphatic carbocycles. The van der Waals surface area contributed by atoms with E-state index in [1.807, 2.05) is 44.2 Å². The van der Waals surface area contributed by atoms with Crippen LogP contribution in [0.2, 0.25) is 0 Å². The van der Waals surface area contributed by atoms with E-state index in [4.69, 9.17) is 13.9 Å². The summed E-state index contributed by atoms with van der Waals surface area (Å²) < 4.78 is 16.9. The number of ether oxygens (including phenoxy) is 2. The van der Waals surface area contributed by atoms with E-state index in [2.05, 4.69) is 5.32 Å². The van der Waals surface area contributed by atoms with Crippen LogP contribution < -0.4 is 20.2 Å². The molecule has 1 heterocycles. The summed E-state index contributed by atoms with van der Waals surface area (Å²) in [6.07, 6.45) is 0.819. The number of amides is 1. The van der Waals surface area contributed by atoms with E-state index >= 15 is 0 Å². The van der Waals surface area contributed by atoms with Crippen LogP contribution in [-0.4, -0.2) is 19.6 Å². The largest absolute Gasteiger partial charge is 0.497 e. The predicted molar refractivity (Wildman–Crippen MR) is 134 cm³/mol. The molecular weight excluding hydrogens is 430 g/mol. The lowest BCUT2D eigenvalue weighted by Crippen LogP contribution is -2.21. The Morgan fingerprint density at radius 1 is 1.00 bits per heavy atom. The summed E-state index contributed by atoms with van der Waals surface area (Å²) in [6.45, 7) is 5.61. The van der Waals surface area contributed by atoms with E-state index in [0.717, 1.165) is 28.8 Å².